The van der Waals surface area contributed by atoms with Crippen LogP contribution in [-0.2, 0) is 0 Å². The second kappa shape index (κ2) is 8.05. The fourth-order valence-corrected chi connectivity index (χ4v) is 2.62. The Morgan fingerprint density at radius 3 is 2.57 bits per heavy atom. The van der Waals surface area contributed by atoms with Gasteiger partial charge in [0.25, 0.3) is 0 Å². The molecule has 3 nitrogen and oxygen atoms in total. The lowest BCUT2D eigenvalue weighted by atomic mass is 9.92. The zero-order valence-corrected chi connectivity index (χ0v) is 14.0. The molecule has 0 bridgehead atoms. The number of aryl methyl sites for hydroxylation is 1. The number of hydrogen-bond acceptors (Lipinski definition) is 3. The zero-order chi connectivity index (χ0) is 15.9. The third kappa shape index (κ3) is 4.75. The molecule has 0 aliphatic carbocycles. The molecule has 1 N–H and O–H groups in total. The van der Waals surface area contributed by atoms with Gasteiger partial charge in [-0.1, -0.05) is 26.8 Å². The first kappa shape index (κ1) is 17.5. The van der Waals surface area contributed by atoms with Crippen molar-refractivity contribution in [3.05, 3.63) is 29.3 Å². The molecule has 0 aromatic heterocycles. The van der Waals surface area contributed by atoms with Crippen molar-refractivity contribution in [2.75, 3.05) is 13.7 Å². The van der Waals surface area contributed by atoms with Gasteiger partial charge in [-0.15, -0.1) is 0 Å². The van der Waals surface area contributed by atoms with E-state index in [0.29, 0.717) is 12.5 Å². The second-order valence-electron chi connectivity index (χ2n) is 5.92. The first-order valence-electron chi connectivity index (χ1n) is 7.81. The molecule has 0 aliphatic rings. The minimum Gasteiger partial charge on any atom is -0.494 e. The smallest absolute Gasteiger partial charge is 0.119 e. The number of hydrogen-bond donors (Lipinski definition) is 1. The lowest BCUT2D eigenvalue weighted by Gasteiger charge is -2.24. The van der Waals surface area contributed by atoms with Gasteiger partial charge in [0.05, 0.1) is 12.7 Å². The molecule has 3 heteroatoms. The minimum absolute atomic E-state index is 0.416. The maximum Gasteiger partial charge on any atom is 0.119 e. The van der Waals surface area contributed by atoms with E-state index < -0.39 is 5.54 Å². The SMILES string of the molecule is CCC(C#N)(CCCOc1ccc(C(C)C)c(C)c1)NC. The van der Waals surface area contributed by atoms with Gasteiger partial charge < -0.3 is 10.1 Å². The van der Waals surface area contributed by atoms with Crippen molar-refractivity contribution in [1.82, 2.24) is 5.32 Å². The number of nitriles is 1. The van der Waals surface area contributed by atoms with Crippen molar-refractivity contribution in [1.29, 1.82) is 5.26 Å². The van der Waals surface area contributed by atoms with Gasteiger partial charge in [-0.3, -0.25) is 0 Å². The Labute approximate surface area is 129 Å². The van der Waals surface area contributed by atoms with Crippen molar-refractivity contribution in [2.24, 2.45) is 0 Å². The molecule has 116 valence electrons. The molecular formula is C18H28N2O. The van der Waals surface area contributed by atoms with Gasteiger partial charge in [0.15, 0.2) is 0 Å². The number of ether oxygens (including phenoxy) is 1. The average molecular weight is 288 g/mol. The van der Waals surface area contributed by atoms with Gasteiger partial charge in [-0.25, -0.2) is 0 Å². The zero-order valence-electron chi connectivity index (χ0n) is 14.0. The summed E-state index contributed by atoms with van der Waals surface area (Å²) in [6, 6.07) is 8.66. The Bertz CT molecular complexity index is 484. The topological polar surface area (TPSA) is 45.0 Å². The normalized spacial score (nSPS) is 13.8. The van der Waals surface area contributed by atoms with Crippen molar-refractivity contribution in [2.45, 2.75) is 58.4 Å². The standard InChI is InChI=1S/C18H28N2O/c1-6-18(13-19,20-5)10-7-11-21-16-8-9-17(14(2)3)15(4)12-16/h8-9,12,14,20H,6-7,10-11H2,1-5H3. The van der Waals surface area contributed by atoms with E-state index in [1.807, 2.05) is 20.0 Å². The van der Waals surface area contributed by atoms with Crippen LogP contribution in [-0.4, -0.2) is 19.2 Å². The Morgan fingerprint density at radius 2 is 2.10 bits per heavy atom. The first-order valence-corrected chi connectivity index (χ1v) is 7.81. The molecule has 1 aromatic rings. The molecule has 0 saturated heterocycles. The summed E-state index contributed by atoms with van der Waals surface area (Å²) < 4.78 is 5.81. The van der Waals surface area contributed by atoms with Crippen molar-refractivity contribution >= 4 is 0 Å². The highest BCUT2D eigenvalue weighted by Crippen LogP contribution is 2.24. The average Bonchev–Trinajstić information content (AvgIpc) is 2.48. The van der Waals surface area contributed by atoms with E-state index in [9.17, 15) is 5.26 Å². The molecule has 0 spiro atoms. The predicted molar refractivity (Wildman–Crippen MR) is 87.7 cm³/mol. The van der Waals surface area contributed by atoms with Gasteiger partial charge in [-0.05, 0) is 62.4 Å². The molecule has 0 fully saturated rings. The van der Waals surface area contributed by atoms with E-state index in [2.05, 4.69) is 44.3 Å². The predicted octanol–water partition coefficient (Wildman–Crippen LogP) is 4.17. The number of benzene rings is 1. The molecule has 0 saturated carbocycles. The Hall–Kier alpha value is -1.53. The van der Waals surface area contributed by atoms with Crippen molar-refractivity contribution in [3.63, 3.8) is 0 Å². The summed E-state index contributed by atoms with van der Waals surface area (Å²) in [5, 5.41) is 12.4. The number of nitrogens with zero attached hydrogens (tertiary/aromatic N) is 1. The van der Waals surface area contributed by atoms with Gasteiger partial charge in [0.2, 0.25) is 0 Å². The highest BCUT2D eigenvalue weighted by Gasteiger charge is 2.24. The van der Waals surface area contributed by atoms with Crippen LogP contribution in [0.4, 0.5) is 0 Å². The third-order valence-electron chi connectivity index (χ3n) is 4.18. The fraction of sp³-hybridized carbons (Fsp3) is 0.611. The van der Waals surface area contributed by atoms with Crippen LogP contribution >= 0.6 is 0 Å². The summed E-state index contributed by atoms with van der Waals surface area (Å²) in [7, 11) is 1.85. The molecule has 21 heavy (non-hydrogen) atoms. The molecular weight excluding hydrogens is 260 g/mol. The third-order valence-corrected chi connectivity index (χ3v) is 4.18. The Kier molecular flexibility index (Phi) is 6.71. The summed E-state index contributed by atoms with van der Waals surface area (Å²) in [5.74, 6) is 1.45. The fourth-order valence-electron chi connectivity index (χ4n) is 2.62. The summed E-state index contributed by atoms with van der Waals surface area (Å²) in [4.78, 5) is 0. The summed E-state index contributed by atoms with van der Waals surface area (Å²) >= 11 is 0. The lowest BCUT2D eigenvalue weighted by Crippen LogP contribution is -2.41. The monoisotopic (exact) mass is 288 g/mol. The Balaban J connectivity index is 2.50. The first-order chi connectivity index (χ1) is 9.98. The molecule has 0 heterocycles. The van der Waals surface area contributed by atoms with Crippen LogP contribution in [0.3, 0.4) is 0 Å². The largest absolute Gasteiger partial charge is 0.494 e. The molecule has 1 rings (SSSR count). The van der Waals surface area contributed by atoms with Crippen LogP contribution in [0.1, 0.15) is 57.1 Å². The lowest BCUT2D eigenvalue weighted by molar-refractivity contribution is 0.281. The van der Waals surface area contributed by atoms with E-state index in [0.717, 1.165) is 25.0 Å². The van der Waals surface area contributed by atoms with Crippen molar-refractivity contribution in [3.8, 4) is 11.8 Å². The van der Waals surface area contributed by atoms with Crippen LogP contribution in [0.15, 0.2) is 18.2 Å². The molecule has 1 atom stereocenters. The van der Waals surface area contributed by atoms with Crippen LogP contribution in [0.25, 0.3) is 0 Å². The molecule has 1 aromatic carbocycles. The van der Waals surface area contributed by atoms with Crippen LogP contribution in [0, 0.1) is 18.3 Å². The van der Waals surface area contributed by atoms with Gasteiger partial charge in [0, 0.05) is 0 Å². The summed E-state index contributed by atoms with van der Waals surface area (Å²) in [6.07, 6.45) is 2.48. The van der Waals surface area contributed by atoms with Crippen LogP contribution in [0.2, 0.25) is 0 Å². The van der Waals surface area contributed by atoms with Crippen LogP contribution in [0.5, 0.6) is 5.75 Å². The van der Waals surface area contributed by atoms with E-state index >= 15 is 0 Å². The summed E-state index contributed by atoms with van der Waals surface area (Å²) in [5.41, 5.74) is 2.23. The van der Waals surface area contributed by atoms with E-state index in [-0.39, 0.29) is 0 Å². The Morgan fingerprint density at radius 1 is 1.38 bits per heavy atom. The highest BCUT2D eigenvalue weighted by molar-refractivity contribution is 5.36. The van der Waals surface area contributed by atoms with Gasteiger partial charge in [-0.2, -0.15) is 5.26 Å². The molecule has 0 amide bonds. The quantitative estimate of drug-likeness (QED) is 0.730. The number of nitrogens with one attached hydrogen (secondary N) is 1. The van der Waals surface area contributed by atoms with Crippen molar-refractivity contribution < 1.29 is 4.74 Å². The van der Waals surface area contributed by atoms with E-state index in [1.165, 1.54) is 11.1 Å². The minimum atomic E-state index is -0.416. The maximum atomic E-state index is 9.26. The van der Waals surface area contributed by atoms with Gasteiger partial charge >= 0.3 is 0 Å². The van der Waals surface area contributed by atoms with E-state index in [4.69, 9.17) is 4.74 Å². The molecule has 1 unspecified atom stereocenters. The number of rotatable bonds is 8. The maximum absolute atomic E-state index is 9.26. The summed E-state index contributed by atoms with van der Waals surface area (Å²) in [6.45, 7) is 9.21. The second-order valence-corrected chi connectivity index (χ2v) is 5.92. The van der Waals surface area contributed by atoms with E-state index in [1.54, 1.807) is 0 Å². The molecule has 0 aliphatic heterocycles. The van der Waals surface area contributed by atoms with Crippen LogP contribution < -0.4 is 10.1 Å². The molecule has 0 radical (unpaired) electrons. The highest BCUT2D eigenvalue weighted by atomic mass is 16.5. The van der Waals surface area contributed by atoms with Gasteiger partial charge in [0.1, 0.15) is 11.3 Å².